The highest BCUT2D eigenvalue weighted by atomic mass is 32.1. The lowest BCUT2D eigenvalue weighted by atomic mass is 9.84. The van der Waals surface area contributed by atoms with Crippen LogP contribution >= 0.6 is 11.3 Å². The summed E-state index contributed by atoms with van der Waals surface area (Å²) in [7, 11) is 1.88. The molecule has 6 nitrogen and oxygen atoms in total. The molecule has 0 atom stereocenters. The highest BCUT2D eigenvalue weighted by molar-refractivity contribution is 7.20. The van der Waals surface area contributed by atoms with E-state index < -0.39 is 5.54 Å². The van der Waals surface area contributed by atoms with Crippen LogP contribution in [-0.2, 0) is 11.3 Å². The van der Waals surface area contributed by atoms with Crippen LogP contribution in [0.25, 0.3) is 0 Å². The second-order valence-electron chi connectivity index (χ2n) is 5.18. The fraction of sp³-hybridized carbons (Fsp3) is 0.714. The zero-order chi connectivity index (χ0) is 16.3. The van der Waals surface area contributed by atoms with Gasteiger partial charge in [0.1, 0.15) is 10.5 Å². The average Bonchev–Trinajstić information content (AvgIpc) is 3.18. The summed E-state index contributed by atoms with van der Waals surface area (Å²) >= 11 is 1.46. The lowest BCUT2D eigenvalue weighted by molar-refractivity contribution is -0.129. The van der Waals surface area contributed by atoms with Gasteiger partial charge in [-0.25, -0.2) is 4.79 Å². The summed E-state index contributed by atoms with van der Waals surface area (Å²) < 4.78 is 0. The first-order valence-electron chi connectivity index (χ1n) is 7.87. The summed E-state index contributed by atoms with van der Waals surface area (Å²) in [5.41, 5.74) is -0.575. The minimum absolute atomic E-state index is 0.0313. The number of amides is 3. The van der Waals surface area contributed by atoms with Gasteiger partial charge in [0.25, 0.3) is 5.91 Å². The van der Waals surface area contributed by atoms with Gasteiger partial charge in [-0.2, -0.15) is 5.10 Å². The zero-order valence-corrected chi connectivity index (χ0v) is 14.4. The summed E-state index contributed by atoms with van der Waals surface area (Å²) in [5, 5.41) is 8.89. The van der Waals surface area contributed by atoms with Crippen LogP contribution in [0.1, 0.15) is 45.0 Å². The SMILES string of the molecule is CC.C[B]c1nnc(CN2C(=O)N(CCC)C(=O)C23CC3)s1. The monoisotopic (exact) mass is 321 g/mol. The number of imide groups is 1. The molecule has 1 aromatic heterocycles. The minimum atomic E-state index is -0.575. The molecular weight excluding hydrogens is 299 g/mol. The van der Waals surface area contributed by atoms with Gasteiger partial charge >= 0.3 is 6.03 Å². The van der Waals surface area contributed by atoms with Gasteiger partial charge in [0, 0.05) is 6.54 Å². The Morgan fingerprint density at radius 3 is 2.45 bits per heavy atom. The van der Waals surface area contributed by atoms with Crippen molar-refractivity contribution in [2.24, 2.45) is 0 Å². The second-order valence-corrected chi connectivity index (χ2v) is 6.27. The summed E-state index contributed by atoms with van der Waals surface area (Å²) in [4.78, 5) is 28.7. The molecule has 0 unspecified atom stereocenters. The predicted molar refractivity (Wildman–Crippen MR) is 87.4 cm³/mol. The highest BCUT2D eigenvalue weighted by Crippen LogP contribution is 2.48. The smallest absolute Gasteiger partial charge is 0.303 e. The van der Waals surface area contributed by atoms with E-state index in [1.807, 2.05) is 34.9 Å². The molecule has 2 heterocycles. The van der Waals surface area contributed by atoms with Crippen LogP contribution in [0.15, 0.2) is 0 Å². The maximum atomic E-state index is 12.4. The van der Waals surface area contributed by atoms with Crippen molar-refractivity contribution in [3.63, 3.8) is 0 Å². The Hall–Kier alpha value is -1.44. The first-order chi connectivity index (χ1) is 10.6. The molecule has 1 aromatic rings. The van der Waals surface area contributed by atoms with E-state index in [-0.39, 0.29) is 11.9 Å². The molecule has 8 heteroatoms. The Balaban J connectivity index is 0.000000847. The van der Waals surface area contributed by atoms with Gasteiger partial charge in [-0.1, -0.05) is 27.6 Å². The van der Waals surface area contributed by atoms with Gasteiger partial charge < -0.3 is 4.90 Å². The second kappa shape index (κ2) is 6.77. The first kappa shape index (κ1) is 16.9. The summed E-state index contributed by atoms with van der Waals surface area (Å²) in [6.07, 6.45) is 2.32. The number of hydrogen-bond donors (Lipinski definition) is 0. The van der Waals surface area contributed by atoms with Crippen LogP contribution < -0.4 is 4.91 Å². The average molecular weight is 321 g/mol. The number of aromatic nitrogens is 2. The Kier molecular flexibility index (Phi) is 5.21. The molecule has 22 heavy (non-hydrogen) atoms. The maximum absolute atomic E-state index is 12.4. The normalized spacial score (nSPS) is 18.5. The van der Waals surface area contributed by atoms with E-state index in [1.165, 1.54) is 16.2 Å². The van der Waals surface area contributed by atoms with Gasteiger partial charge in [-0.05, 0) is 19.3 Å². The third kappa shape index (κ3) is 2.76. The fourth-order valence-corrected chi connectivity index (χ4v) is 3.32. The quantitative estimate of drug-likeness (QED) is 0.611. The Bertz CT molecular complexity index is 559. The maximum Gasteiger partial charge on any atom is 0.328 e. The molecule has 2 fully saturated rings. The molecule has 0 bridgehead atoms. The Morgan fingerprint density at radius 1 is 1.27 bits per heavy atom. The van der Waals surface area contributed by atoms with Crippen LogP contribution in [0.4, 0.5) is 4.79 Å². The van der Waals surface area contributed by atoms with E-state index in [9.17, 15) is 9.59 Å². The van der Waals surface area contributed by atoms with Gasteiger partial charge in [-0.15, -0.1) is 16.4 Å². The number of rotatable bonds is 5. The highest BCUT2D eigenvalue weighted by Gasteiger charge is 2.64. The molecule has 1 spiro atoms. The molecule has 1 saturated carbocycles. The summed E-state index contributed by atoms with van der Waals surface area (Å²) in [6.45, 7) is 8.76. The van der Waals surface area contributed by atoms with E-state index in [0.29, 0.717) is 13.1 Å². The van der Waals surface area contributed by atoms with E-state index in [0.717, 1.165) is 29.2 Å². The van der Waals surface area contributed by atoms with Crippen LogP contribution in [0.2, 0.25) is 6.82 Å². The van der Waals surface area contributed by atoms with Gasteiger partial charge in [0.05, 0.1) is 11.5 Å². The molecule has 2 aliphatic rings. The number of carbonyl (C=O) groups excluding carboxylic acids is 2. The summed E-state index contributed by atoms with van der Waals surface area (Å²) in [5.74, 6) is -0.0313. The van der Waals surface area contributed by atoms with Crippen molar-refractivity contribution in [1.82, 2.24) is 20.0 Å². The zero-order valence-electron chi connectivity index (χ0n) is 13.6. The molecule has 0 aromatic carbocycles. The van der Waals surface area contributed by atoms with E-state index in [2.05, 4.69) is 10.2 Å². The van der Waals surface area contributed by atoms with Crippen molar-refractivity contribution in [3.8, 4) is 0 Å². The standard InChI is InChI=1S/C12H16BN4O2S.C2H6/c1-3-6-16-9(18)12(4-5-12)17(11(16)19)7-8-14-15-10(13-2)20-8;1-2/h3-7H2,1-2H3;1-2H3. The van der Waals surface area contributed by atoms with Crippen molar-refractivity contribution < 1.29 is 9.59 Å². The Labute approximate surface area is 136 Å². The molecule has 3 amide bonds. The third-order valence-electron chi connectivity index (χ3n) is 3.82. The molecule has 1 aliphatic carbocycles. The van der Waals surface area contributed by atoms with Crippen LogP contribution in [0, 0.1) is 0 Å². The van der Waals surface area contributed by atoms with E-state index >= 15 is 0 Å². The molecule has 1 radical (unpaired) electrons. The lowest BCUT2D eigenvalue weighted by Crippen LogP contribution is -2.36. The largest absolute Gasteiger partial charge is 0.328 e. The van der Waals surface area contributed by atoms with Gasteiger partial charge in [0.2, 0.25) is 0 Å². The lowest BCUT2D eigenvalue weighted by Gasteiger charge is -2.19. The van der Waals surface area contributed by atoms with Crippen LogP contribution in [0.5, 0.6) is 0 Å². The molecule has 1 aliphatic heterocycles. The van der Waals surface area contributed by atoms with Gasteiger partial charge in [-0.3, -0.25) is 9.69 Å². The van der Waals surface area contributed by atoms with E-state index in [1.54, 1.807) is 4.90 Å². The molecular formula is C14H22BN4O2S. The molecule has 0 N–H and O–H groups in total. The van der Waals surface area contributed by atoms with Crippen molar-refractivity contribution >= 4 is 35.5 Å². The molecule has 119 valence electrons. The predicted octanol–water partition coefficient (Wildman–Crippen LogP) is 1.65. The van der Waals surface area contributed by atoms with Crippen LogP contribution in [0.3, 0.4) is 0 Å². The van der Waals surface area contributed by atoms with E-state index in [4.69, 9.17) is 0 Å². The van der Waals surface area contributed by atoms with Crippen molar-refractivity contribution in [3.05, 3.63) is 5.01 Å². The summed E-state index contributed by atoms with van der Waals surface area (Å²) in [6, 6.07) is -0.174. The Morgan fingerprint density at radius 2 is 1.95 bits per heavy atom. The first-order valence-corrected chi connectivity index (χ1v) is 8.69. The molecule has 1 saturated heterocycles. The topological polar surface area (TPSA) is 66.4 Å². The number of carbonyl (C=O) groups is 2. The van der Waals surface area contributed by atoms with Crippen molar-refractivity contribution in [1.29, 1.82) is 0 Å². The van der Waals surface area contributed by atoms with Gasteiger partial charge in [0.15, 0.2) is 7.28 Å². The minimum Gasteiger partial charge on any atom is -0.303 e. The number of urea groups is 1. The number of hydrogen-bond acceptors (Lipinski definition) is 5. The third-order valence-corrected chi connectivity index (χ3v) is 4.79. The van der Waals surface area contributed by atoms with Crippen molar-refractivity contribution in [2.75, 3.05) is 6.54 Å². The van der Waals surface area contributed by atoms with Crippen molar-refractivity contribution in [2.45, 2.75) is 58.9 Å². The van der Waals surface area contributed by atoms with Crippen LogP contribution in [-0.4, -0.2) is 51.3 Å². The molecule has 3 rings (SSSR count). The number of nitrogens with zero attached hydrogens (tertiary/aromatic N) is 4. The fourth-order valence-electron chi connectivity index (χ4n) is 2.61.